The fourth-order valence-corrected chi connectivity index (χ4v) is 1.80. The van der Waals surface area contributed by atoms with Crippen LogP contribution in [-0.2, 0) is 24.2 Å². The number of hydrogen-bond donors (Lipinski definition) is 1. The molecule has 4 heteroatoms. The van der Waals surface area contributed by atoms with Gasteiger partial charge in [-0.2, -0.15) is 0 Å². The number of nitrogens with zero attached hydrogens (tertiary/aromatic N) is 2. The van der Waals surface area contributed by atoms with Crippen LogP contribution in [0.4, 0.5) is 0 Å². The van der Waals surface area contributed by atoms with E-state index in [1.807, 2.05) is 0 Å². The minimum atomic E-state index is 0.0248. The Balaban J connectivity index is 1.88. The molecule has 0 atom stereocenters. The largest absolute Gasteiger partial charge is 0.356 e. The van der Waals surface area contributed by atoms with Gasteiger partial charge in [0.05, 0.1) is 5.69 Å². The predicted octanol–water partition coefficient (Wildman–Crippen LogP) is 0.508. The van der Waals surface area contributed by atoms with Crippen LogP contribution >= 0.6 is 0 Å². The number of aryl methyl sites for hydroxylation is 2. The minimum Gasteiger partial charge on any atom is -0.356 e. The Morgan fingerprint density at radius 3 is 3.29 bits per heavy atom. The van der Waals surface area contributed by atoms with Crippen molar-refractivity contribution in [2.24, 2.45) is 0 Å². The lowest BCUT2D eigenvalue weighted by atomic mass is 10.3. The SMILES string of the molecule is CC(=O)NCCc1cn2c(n1)CCC2. The number of amides is 1. The lowest BCUT2D eigenvalue weighted by Crippen LogP contribution is -2.22. The summed E-state index contributed by atoms with van der Waals surface area (Å²) in [6.45, 7) is 3.32. The molecule has 0 saturated carbocycles. The number of imidazole rings is 1. The average Bonchev–Trinajstić information content (AvgIpc) is 2.62. The molecule has 0 fully saturated rings. The summed E-state index contributed by atoms with van der Waals surface area (Å²) < 4.78 is 2.21. The van der Waals surface area contributed by atoms with E-state index in [4.69, 9.17) is 0 Å². The summed E-state index contributed by atoms with van der Waals surface area (Å²) in [6, 6.07) is 0. The second kappa shape index (κ2) is 3.82. The highest BCUT2D eigenvalue weighted by atomic mass is 16.1. The first kappa shape index (κ1) is 9.24. The van der Waals surface area contributed by atoms with Crippen molar-refractivity contribution in [1.29, 1.82) is 0 Å². The third kappa shape index (κ3) is 1.95. The highest BCUT2D eigenvalue weighted by molar-refractivity contribution is 5.72. The molecule has 0 saturated heterocycles. The Morgan fingerprint density at radius 2 is 2.57 bits per heavy atom. The molecule has 2 heterocycles. The first-order valence-corrected chi connectivity index (χ1v) is 5.05. The van der Waals surface area contributed by atoms with Crippen LogP contribution in [-0.4, -0.2) is 22.0 Å². The summed E-state index contributed by atoms with van der Waals surface area (Å²) in [7, 11) is 0. The summed E-state index contributed by atoms with van der Waals surface area (Å²) in [6.07, 6.45) is 5.25. The molecule has 2 rings (SSSR count). The van der Waals surface area contributed by atoms with Gasteiger partial charge in [-0.05, 0) is 6.42 Å². The van der Waals surface area contributed by atoms with E-state index in [9.17, 15) is 4.79 Å². The van der Waals surface area contributed by atoms with Crippen molar-refractivity contribution in [3.05, 3.63) is 17.7 Å². The van der Waals surface area contributed by atoms with Gasteiger partial charge in [-0.25, -0.2) is 4.98 Å². The zero-order valence-electron chi connectivity index (χ0n) is 8.42. The summed E-state index contributed by atoms with van der Waals surface area (Å²) >= 11 is 0. The maximum absolute atomic E-state index is 10.6. The first-order chi connectivity index (χ1) is 6.75. The van der Waals surface area contributed by atoms with Gasteiger partial charge < -0.3 is 9.88 Å². The number of nitrogens with one attached hydrogen (secondary N) is 1. The maximum atomic E-state index is 10.6. The Labute approximate surface area is 83.3 Å². The standard InChI is InChI=1S/C10H15N3O/c1-8(14)11-5-4-9-7-13-6-2-3-10(13)12-9/h7H,2-6H2,1H3,(H,11,14). The number of hydrogen-bond acceptors (Lipinski definition) is 2. The van der Waals surface area contributed by atoms with E-state index >= 15 is 0 Å². The second-order valence-corrected chi connectivity index (χ2v) is 3.68. The molecule has 1 aliphatic heterocycles. The van der Waals surface area contributed by atoms with E-state index < -0.39 is 0 Å². The fourth-order valence-electron chi connectivity index (χ4n) is 1.80. The van der Waals surface area contributed by atoms with E-state index in [0.29, 0.717) is 6.54 Å². The van der Waals surface area contributed by atoms with Gasteiger partial charge in [0, 0.05) is 39.1 Å². The van der Waals surface area contributed by atoms with E-state index in [-0.39, 0.29) is 5.91 Å². The van der Waals surface area contributed by atoms with E-state index in [1.165, 1.54) is 19.2 Å². The molecule has 0 spiro atoms. The lowest BCUT2D eigenvalue weighted by Gasteiger charge is -1.98. The number of carbonyl (C=O) groups is 1. The third-order valence-corrected chi connectivity index (χ3v) is 2.46. The summed E-state index contributed by atoms with van der Waals surface area (Å²) in [5.41, 5.74) is 1.09. The third-order valence-electron chi connectivity index (χ3n) is 2.46. The number of carbonyl (C=O) groups excluding carboxylic acids is 1. The van der Waals surface area contributed by atoms with Crippen molar-refractivity contribution in [2.75, 3.05) is 6.54 Å². The van der Waals surface area contributed by atoms with Gasteiger partial charge in [-0.15, -0.1) is 0 Å². The molecule has 14 heavy (non-hydrogen) atoms. The molecule has 1 aromatic rings. The van der Waals surface area contributed by atoms with Crippen LogP contribution in [0, 0.1) is 0 Å². The normalized spacial score (nSPS) is 14.1. The molecule has 76 valence electrons. The van der Waals surface area contributed by atoms with Crippen LogP contribution < -0.4 is 5.32 Å². The fraction of sp³-hybridized carbons (Fsp3) is 0.600. The van der Waals surface area contributed by atoms with Crippen LogP contribution in [0.25, 0.3) is 0 Å². The minimum absolute atomic E-state index is 0.0248. The smallest absolute Gasteiger partial charge is 0.216 e. The van der Waals surface area contributed by atoms with Crippen molar-refractivity contribution >= 4 is 5.91 Å². The van der Waals surface area contributed by atoms with Gasteiger partial charge in [-0.1, -0.05) is 0 Å². The topological polar surface area (TPSA) is 46.9 Å². The molecule has 0 radical (unpaired) electrons. The molecule has 1 aromatic heterocycles. The molecule has 1 amide bonds. The lowest BCUT2D eigenvalue weighted by molar-refractivity contribution is -0.118. The number of rotatable bonds is 3. The van der Waals surface area contributed by atoms with Crippen LogP contribution in [0.3, 0.4) is 0 Å². The van der Waals surface area contributed by atoms with Crippen LogP contribution in [0.1, 0.15) is 24.9 Å². The zero-order valence-corrected chi connectivity index (χ0v) is 8.42. The molecule has 1 N–H and O–H groups in total. The van der Waals surface area contributed by atoms with Crippen molar-refractivity contribution in [1.82, 2.24) is 14.9 Å². The van der Waals surface area contributed by atoms with Crippen LogP contribution in [0.2, 0.25) is 0 Å². The summed E-state index contributed by atoms with van der Waals surface area (Å²) in [5, 5.41) is 2.77. The summed E-state index contributed by atoms with van der Waals surface area (Å²) in [5.74, 6) is 1.22. The van der Waals surface area contributed by atoms with Gasteiger partial charge in [0.15, 0.2) is 0 Å². The quantitative estimate of drug-likeness (QED) is 0.760. The van der Waals surface area contributed by atoms with E-state index in [0.717, 1.165) is 25.1 Å². The van der Waals surface area contributed by atoms with Crippen molar-refractivity contribution in [3.63, 3.8) is 0 Å². The molecular formula is C10H15N3O. The van der Waals surface area contributed by atoms with Gasteiger partial charge >= 0.3 is 0 Å². The van der Waals surface area contributed by atoms with Gasteiger partial charge in [0.1, 0.15) is 5.82 Å². The average molecular weight is 193 g/mol. The Morgan fingerprint density at radius 1 is 1.71 bits per heavy atom. The number of aromatic nitrogens is 2. The maximum Gasteiger partial charge on any atom is 0.216 e. The monoisotopic (exact) mass is 193 g/mol. The molecule has 0 bridgehead atoms. The van der Waals surface area contributed by atoms with E-state index in [1.54, 1.807) is 0 Å². The molecule has 0 unspecified atom stereocenters. The van der Waals surface area contributed by atoms with Gasteiger partial charge in [0.2, 0.25) is 5.91 Å². The first-order valence-electron chi connectivity index (χ1n) is 5.05. The Kier molecular flexibility index (Phi) is 2.52. The Hall–Kier alpha value is -1.32. The van der Waals surface area contributed by atoms with Crippen molar-refractivity contribution < 1.29 is 4.79 Å². The van der Waals surface area contributed by atoms with Crippen LogP contribution in [0.5, 0.6) is 0 Å². The highest BCUT2D eigenvalue weighted by Gasteiger charge is 2.12. The highest BCUT2D eigenvalue weighted by Crippen LogP contribution is 2.14. The molecule has 4 nitrogen and oxygen atoms in total. The van der Waals surface area contributed by atoms with Crippen molar-refractivity contribution in [2.45, 2.75) is 32.7 Å². The van der Waals surface area contributed by atoms with E-state index in [2.05, 4.69) is 21.1 Å². The zero-order chi connectivity index (χ0) is 9.97. The Bertz CT molecular complexity index is 322. The molecule has 0 aromatic carbocycles. The molecule has 1 aliphatic rings. The molecular weight excluding hydrogens is 178 g/mol. The van der Waals surface area contributed by atoms with Gasteiger partial charge in [0.25, 0.3) is 0 Å². The summed E-state index contributed by atoms with van der Waals surface area (Å²) in [4.78, 5) is 15.1. The van der Waals surface area contributed by atoms with Gasteiger partial charge in [-0.3, -0.25) is 4.79 Å². The second-order valence-electron chi connectivity index (χ2n) is 3.68. The molecule has 0 aliphatic carbocycles. The van der Waals surface area contributed by atoms with Crippen molar-refractivity contribution in [3.8, 4) is 0 Å². The van der Waals surface area contributed by atoms with Crippen LogP contribution in [0.15, 0.2) is 6.20 Å². The predicted molar refractivity (Wildman–Crippen MR) is 52.9 cm³/mol. The number of fused-ring (bicyclic) bond motifs is 1.